The van der Waals surface area contributed by atoms with Crippen molar-refractivity contribution in [2.24, 2.45) is 0 Å². The van der Waals surface area contributed by atoms with Crippen LogP contribution >= 0.6 is 0 Å². The summed E-state index contributed by atoms with van der Waals surface area (Å²) < 4.78 is 5.47. The molecule has 1 amide bonds. The molecule has 0 unspecified atom stereocenters. The van der Waals surface area contributed by atoms with Gasteiger partial charge in [0, 0.05) is 29.3 Å². The largest absolute Gasteiger partial charge is 0.399 e. The lowest BCUT2D eigenvalue weighted by atomic mass is 10.0. The van der Waals surface area contributed by atoms with E-state index >= 15 is 0 Å². The lowest BCUT2D eigenvalue weighted by Crippen LogP contribution is -2.55. The topological polar surface area (TPSA) is 71.3 Å². The number of hydrogen-bond donors (Lipinski definition) is 2. The van der Waals surface area contributed by atoms with E-state index in [1.165, 1.54) is 0 Å². The number of benzene rings is 1. The molecule has 3 rings (SSSR count). The number of hydrogen-bond acceptors (Lipinski definition) is 3. The number of nitrogens with zero attached hydrogens (tertiary/aromatic N) is 1. The van der Waals surface area contributed by atoms with E-state index in [0.29, 0.717) is 31.0 Å². The molecule has 1 aromatic heterocycles. The van der Waals surface area contributed by atoms with Crippen LogP contribution in [0, 0.1) is 0 Å². The van der Waals surface area contributed by atoms with Gasteiger partial charge < -0.3 is 20.4 Å². The maximum absolute atomic E-state index is 12.8. The zero-order valence-corrected chi connectivity index (χ0v) is 11.8. The van der Waals surface area contributed by atoms with Crippen molar-refractivity contribution in [2.45, 2.75) is 19.4 Å². The number of rotatable bonds is 1. The summed E-state index contributed by atoms with van der Waals surface area (Å²) in [4.78, 5) is 17.8. The van der Waals surface area contributed by atoms with Crippen molar-refractivity contribution in [1.82, 2.24) is 9.88 Å². The van der Waals surface area contributed by atoms with Crippen LogP contribution in [0.5, 0.6) is 0 Å². The molecule has 1 fully saturated rings. The number of aromatic nitrogens is 1. The van der Waals surface area contributed by atoms with Crippen molar-refractivity contribution in [3.63, 3.8) is 0 Å². The third-order valence-corrected chi connectivity index (χ3v) is 3.83. The molecule has 1 aliphatic heterocycles. The number of nitrogens with two attached hydrogens (primary N) is 1. The average molecular weight is 273 g/mol. The van der Waals surface area contributed by atoms with Gasteiger partial charge in [-0.2, -0.15) is 0 Å². The predicted molar refractivity (Wildman–Crippen MR) is 78.6 cm³/mol. The summed E-state index contributed by atoms with van der Waals surface area (Å²) in [7, 11) is 0. The second kappa shape index (κ2) is 4.52. The zero-order chi connectivity index (χ0) is 14.3. The van der Waals surface area contributed by atoms with Crippen molar-refractivity contribution in [1.29, 1.82) is 0 Å². The quantitative estimate of drug-likeness (QED) is 0.781. The molecule has 0 bridgehead atoms. The van der Waals surface area contributed by atoms with E-state index < -0.39 is 0 Å². The Morgan fingerprint density at radius 1 is 1.45 bits per heavy atom. The third kappa shape index (κ3) is 2.04. The zero-order valence-electron chi connectivity index (χ0n) is 11.8. The molecule has 0 saturated carbocycles. The van der Waals surface area contributed by atoms with Gasteiger partial charge in [0.05, 0.1) is 24.3 Å². The Labute approximate surface area is 117 Å². The smallest absolute Gasteiger partial charge is 0.256 e. The molecule has 2 heterocycles. The fraction of sp³-hybridized carbons (Fsp3) is 0.400. The van der Waals surface area contributed by atoms with E-state index in [2.05, 4.69) is 4.98 Å². The first kappa shape index (κ1) is 13.0. The molecule has 5 nitrogen and oxygen atoms in total. The Hall–Kier alpha value is -2.01. The fourth-order valence-electron chi connectivity index (χ4n) is 2.70. The maximum Gasteiger partial charge on any atom is 0.256 e. The average Bonchev–Trinajstić information content (AvgIpc) is 2.80. The SMILES string of the molecule is CC1(C)COCCN1C(=O)c1c[nH]c2cc(N)ccc12. The van der Waals surface area contributed by atoms with Gasteiger partial charge in [0.15, 0.2) is 0 Å². The summed E-state index contributed by atoms with van der Waals surface area (Å²) in [6.07, 6.45) is 1.76. The summed E-state index contributed by atoms with van der Waals surface area (Å²) >= 11 is 0. The molecule has 1 aliphatic rings. The number of H-pyrrole nitrogens is 1. The lowest BCUT2D eigenvalue weighted by Gasteiger charge is -2.42. The van der Waals surface area contributed by atoms with Crippen LogP contribution in [0.4, 0.5) is 5.69 Å². The van der Waals surface area contributed by atoms with E-state index in [4.69, 9.17) is 10.5 Å². The maximum atomic E-state index is 12.8. The normalized spacial score (nSPS) is 18.4. The Bertz CT molecular complexity index is 660. The monoisotopic (exact) mass is 273 g/mol. The molecule has 1 aromatic carbocycles. The fourth-order valence-corrected chi connectivity index (χ4v) is 2.70. The third-order valence-electron chi connectivity index (χ3n) is 3.83. The number of ether oxygens (including phenoxy) is 1. The Morgan fingerprint density at radius 3 is 3.00 bits per heavy atom. The van der Waals surface area contributed by atoms with Gasteiger partial charge in [-0.3, -0.25) is 4.79 Å². The van der Waals surface area contributed by atoms with Crippen molar-refractivity contribution in [3.8, 4) is 0 Å². The van der Waals surface area contributed by atoms with Gasteiger partial charge in [-0.15, -0.1) is 0 Å². The molecule has 0 spiro atoms. The van der Waals surface area contributed by atoms with E-state index in [-0.39, 0.29) is 11.4 Å². The number of aromatic amines is 1. The number of nitrogens with one attached hydrogen (secondary N) is 1. The highest BCUT2D eigenvalue weighted by Gasteiger charge is 2.35. The van der Waals surface area contributed by atoms with Gasteiger partial charge in [-0.05, 0) is 32.0 Å². The molecule has 106 valence electrons. The standard InChI is InChI=1S/C15H19N3O2/c1-15(2)9-20-6-5-18(15)14(19)12-8-17-13-7-10(16)3-4-11(12)13/h3-4,7-8,17H,5-6,9,16H2,1-2H3. The molecule has 1 saturated heterocycles. The second-order valence-corrected chi connectivity index (χ2v) is 5.83. The van der Waals surface area contributed by atoms with E-state index in [1.807, 2.05) is 36.9 Å². The Kier molecular flexibility index (Phi) is 2.94. The van der Waals surface area contributed by atoms with Crippen LogP contribution in [0.1, 0.15) is 24.2 Å². The summed E-state index contributed by atoms with van der Waals surface area (Å²) in [6, 6.07) is 5.55. The minimum Gasteiger partial charge on any atom is -0.399 e. The Balaban J connectivity index is 2.00. The number of morpholine rings is 1. The molecule has 0 radical (unpaired) electrons. The molecule has 0 aliphatic carbocycles. The number of fused-ring (bicyclic) bond motifs is 1. The molecular weight excluding hydrogens is 254 g/mol. The van der Waals surface area contributed by atoms with E-state index in [0.717, 1.165) is 10.9 Å². The molecule has 3 N–H and O–H groups in total. The summed E-state index contributed by atoms with van der Waals surface area (Å²) in [5.41, 5.74) is 7.74. The minimum absolute atomic E-state index is 0.0364. The molecular formula is C15H19N3O2. The van der Waals surface area contributed by atoms with Crippen molar-refractivity contribution >= 4 is 22.5 Å². The summed E-state index contributed by atoms with van der Waals surface area (Å²) in [5.74, 6) is 0.0364. The van der Waals surface area contributed by atoms with E-state index in [9.17, 15) is 4.79 Å². The molecule has 5 heteroatoms. The first-order chi connectivity index (χ1) is 9.49. The van der Waals surface area contributed by atoms with Crippen LogP contribution in [0.3, 0.4) is 0 Å². The van der Waals surface area contributed by atoms with Crippen LogP contribution in [0.15, 0.2) is 24.4 Å². The Morgan fingerprint density at radius 2 is 2.25 bits per heavy atom. The van der Waals surface area contributed by atoms with Gasteiger partial charge >= 0.3 is 0 Å². The highest BCUT2D eigenvalue weighted by molar-refractivity contribution is 6.07. The van der Waals surface area contributed by atoms with Gasteiger partial charge in [-0.1, -0.05) is 0 Å². The second-order valence-electron chi connectivity index (χ2n) is 5.83. The first-order valence-corrected chi connectivity index (χ1v) is 6.75. The predicted octanol–water partition coefficient (Wildman–Crippen LogP) is 2.00. The summed E-state index contributed by atoms with van der Waals surface area (Å²) in [6.45, 7) is 5.82. The lowest BCUT2D eigenvalue weighted by molar-refractivity contribution is -0.0369. The number of nitrogen functional groups attached to an aromatic ring is 1. The molecule has 0 atom stereocenters. The molecule has 20 heavy (non-hydrogen) atoms. The van der Waals surface area contributed by atoms with Crippen molar-refractivity contribution in [3.05, 3.63) is 30.0 Å². The number of anilines is 1. The van der Waals surface area contributed by atoms with Gasteiger partial charge in [0.1, 0.15) is 0 Å². The summed E-state index contributed by atoms with van der Waals surface area (Å²) in [5, 5.41) is 0.909. The number of carbonyl (C=O) groups is 1. The van der Waals surface area contributed by atoms with Crippen LogP contribution < -0.4 is 5.73 Å². The van der Waals surface area contributed by atoms with Crippen LogP contribution in [-0.4, -0.2) is 41.1 Å². The van der Waals surface area contributed by atoms with Gasteiger partial charge in [-0.25, -0.2) is 0 Å². The van der Waals surface area contributed by atoms with Gasteiger partial charge in [0.25, 0.3) is 5.91 Å². The van der Waals surface area contributed by atoms with Crippen molar-refractivity contribution < 1.29 is 9.53 Å². The first-order valence-electron chi connectivity index (χ1n) is 6.75. The van der Waals surface area contributed by atoms with Gasteiger partial charge in [0.2, 0.25) is 0 Å². The van der Waals surface area contributed by atoms with Crippen LogP contribution in [0.2, 0.25) is 0 Å². The number of carbonyl (C=O) groups excluding carboxylic acids is 1. The minimum atomic E-state index is -0.285. The highest BCUT2D eigenvalue weighted by atomic mass is 16.5. The number of amides is 1. The molecule has 2 aromatic rings. The van der Waals surface area contributed by atoms with E-state index in [1.54, 1.807) is 6.20 Å². The van der Waals surface area contributed by atoms with Crippen molar-refractivity contribution in [2.75, 3.05) is 25.5 Å². The highest BCUT2D eigenvalue weighted by Crippen LogP contribution is 2.26. The van der Waals surface area contributed by atoms with Crippen LogP contribution in [0.25, 0.3) is 10.9 Å². The van der Waals surface area contributed by atoms with Crippen LogP contribution in [-0.2, 0) is 4.74 Å².